The minimum Gasteiger partial charge on any atom is -0.493 e. The molecular formula is C15H16FIN2O2. The molecule has 0 saturated heterocycles. The van der Waals surface area contributed by atoms with Gasteiger partial charge in [-0.15, -0.1) is 0 Å². The van der Waals surface area contributed by atoms with Gasteiger partial charge in [-0.3, -0.25) is 0 Å². The highest BCUT2D eigenvalue weighted by atomic mass is 127. The van der Waals surface area contributed by atoms with E-state index < -0.39 is 0 Å². The van der Waals surface area contributed by atoms with Gasteiger partial charge in [0.1, 0.15) is 5.82 Å². The molecule has 0 aromatic heterocycles. The molecule has 0 heterocycles. The molecule has 2 aromatic carbocycles. The van der Waals surface area contributed by atoms with Gasteiger partial charge in [-0.1, -0.05) is 6.07 Å². The summed E-state index contributed by atoms with van der Waals surface area (Å²) >= 11 is 1.91. The molecule has 4 nitrogen and oxygen atoms in total. The summed E-state index contributed by atoms with van der Waals surface area (Å²) in [6.45, 7) is 0.505. The Kier molecular flexibility index (Phi) is 5.11. The van der Waals surface area contributed by atoms with Gasteiger partial charge >= 0.3 is 0 Å². The molecule has 0 radical (unpaired) electrons. The van der Waals surface area contributed by atoms with Crippen LogP contribution in [0.5, 0.6) is 11.5 Å². The summed E-state index contributed by atoms with van der Waals surface area (Å²) in [4.78, 5) is 0. The molecule has 0 fully saturated rings. The Bertz CT molecular complexity index is 650. The highest BCUT2D eigenvalue weighted by Crippen LogP contribution is 2.29. The van der Waals surface area contributed by atoms with Crippen molar-refractivity contribution in [3.63, 3.8) is 0 Å². The maximum absolute atomic E-state index is 13.6. The lowest BCUT2D eigenvalue weighted by Gasteiger charge is -2.12. The number of anilines is 2. The molecule has 0 aliphatic carbocycles. The molecule has 0 bridgehead atoms. The summed E-state index contributed by atoms with van der Waals surface area (Å²) in [5.41, 5.74) is 7.94. The first-order valence-electron chi connectivity index (χ1n) is 6.24. The Morgan fingerprint density at radius 3 is 2.52 bits per heavy atom. The highest BCUT2D eigenvalue weighted by Gasteiger charge is 2.07. The molecule has 3 N–H and O–H groups in total. The molecule has 0 atom stereocenters. The highest BCUT2D eigenvalue weighted by molar-refractivity contribution is 14.1. The van der Waals surface area contributed by atoms with Crippen molar-refractivity contribution in [3.8, 4) is 11.5 Å². The largest absolute Gasteiger partial charge is 0.493 e. The van der Waals surface area contributed by atoms with E-state index in [1.54, 1.807) is 20.3 Å². The van der Waals surface area contributed by atoms with Crippen molar-refractivity contribution in [3.05, 3.63) is 45.3 Å². The van der Waals surface area contributed by atoms with Crippen LogP contribution in [0.15, 0.2) is 30.3 Å². The molecule has 0 amide bonds. The molecular weight excluding hydrogens is 386 g/mol. The fourth-order valence-electron chi connectivity index (χ4n) is 1.90. The second kappa shape index (κ2) is 6.84. The quantitative estimate of drug-likeness (QED) is 0.593. The lowest BCUT2D eigenvalue weighted by Crippen LogP contribution is -2.04. The number of nitrogens with two attached hydrogens (primary N) is 1. The normalized spacial score (nSPS) is 10.3. The molecule has 21 heavy (non-hydrogen) atoms. The van der Waals surface area contributed by atoms with E-state index in [1.807, 2.05) is 40.8 Å². The Labute approximate surface area is 136 Å². The van der Waals surface area contributed by atoms with E-state index in [0.29, 0.717) is 33.0 Å². The minimum atomic E-state index is -0.292. The first-order chi connectivity index (χ1) is 10.0. The van der Waals surface area contributed by atoms with Gasteiger partial charge in [-0.05, 0) is 46.4 Å². The zero-order valence-electron chi connectivity index (χ0n) is 11.7. The van der Waals surface area contributed by atoms with E-state index in [4.69, 9.17) is 15.2 Å². The third kappa shape index (κ3) is 3.69. The summed E-state index contributed by atoms with van der Waals surface area (Å²) in [5, 5.41) is 3.12. The van der Waals surface area contributed by atoms with Gasteiger partial charge in [-0.25, -0.2) is 4.39 Å². The smallest absolute Gasteiger partial charge is 0.161 e. The number of nitrogens with one attached hydrogen (secondary N) is 1. The number of nitrogen functional groups attached to an aromatic ring is 1. The van der Waals surface area contributed by atoms with Gasteiger partial charge < -0.3 is 20.5 Å². The van der Waals surface area contributed by atoms with E-state index >= 15 is 0 Å². The van der Waals surface area contributed by atoms with Gasteiger partial charge in [0.2, 0.25) is 0 Å². The third-order valence-corrected chi connectivity index (χ3v) is 3.85. The van der Waals surface area contributed by atoms with Crippen LogP contribution in [0.2, 0.25) is 0 Å². The topological polar surface area (TPSA) is 56.5 Å². The number of hydrogen-bond acceptors (Lipinski definition) is 4. The SMILES string of the molecule is COc1ccc(CNc2cc(F)c(I)cc2N)cc1OC. The molecule has 0 unspecified atom stereocenters. The number of halogens is 2. The fraction of sp³-hybridized carbons (Fsp3) is 0.200. The number of rotatable bonds is 5. The molecule has 2 rings (SSSR count). The predicted molar refractivity (Wildman–Crippen MR) is 90.4 cm³/mol. The van der Waals surface area contributed by atoms with Crippen LogP contribution in [0.4, 0.5) is 15.8 Å². The number of methoxy groups -OCH3 is 2. The second-order valence-corrected chi connectivity index (χ2v) is 5.56. The molecule has 0 saturated carbocycles. The van der Waals surface area contributed by atoms with Crippen LogP contribution in [0.1, 0.15) is 5.56 Å². The van der Waals surface area contributed by atoms with Crippen molar-refractivity contribution in [1.82, 2.24) is 0 Å². The molecule has 0 spiro atoms. The Balaban J connectivity index is 2.15. The van der Waals surface area contributed by atoms with Gasteiger partial charge in [0.15, 0.2) is 11.5 Å². The van der Waals surface area contributed by atoms with Gasteiger partial charge in [0, 0.05) is 12.6 Å². The standard InChI is InChI=1S/C15H16FIN2O2/c1-20-14-4-3-9(5-15(14)21-2)8-19-13-6-10(16)11(17)7-12(13)18/h3-7,19H,8,18H2,1-2H3. The van der Waals surface area contributed by atoms with Crippen molar-refractivity contribution in [2.24, 2.45) is 0 Å². The molecule has 2 aromatic rings. The van der Waals surface area contributed by atoms with Crippen molar-refractivity contribution >= 4 is 34.0 Å². The minimum absolute atomic E-state index is 0.292. The number of hydrogen-bond donors (Lipinski definition) is 2. The molecule has 0 aliphatic heterocycles. The van der Waals surface area contributed by atoms with Crippen LogP contribution in [-0.4, -0.2) is 14.2 Å². The van der Waals surface area contributed by atoms with Crippen molar-refractivity contribution in [1.29, 1.82) is 0 Å². The molecule has 112 valence electrons. The number of ether oxygens (including phenoxy) is 2. The lowest BCUT2D eigenvalue weighted by molar-refractivity contribution is 0.354. The van der Waals surface area contributed by atoms with Crippen molar-refractivity contribution < 1.29 is 13.9 Å². The fourth-order valence-corrected chi connectivity index (χ4v) is 2.39. The first-order valence-corrected chi connectivity index (χ1v) is 7.32. The van der Waals surface area contributed by atoms with E-state index in [9.17, 15) is 4.39 Å². The third-order valence-electron chi connectivity index (χ3n) is 3.02. The van der Waals surface area contributed by atoms with Crippen LogP contribution in [-0.2, 0) is 6.54 Å². The average molecular weight is 402 g/mol. The molecule has 6 heteroatoms. The van der Waals surface area contributed by atoms with E-state index in [2.05, 4.69) is 5.32 Å². The summed E-state index contributed by atoms with van der Waals surface area (Å²) in [7, 11) is 3.17. The zero-order valence-corrected chi connectivity index (χ0v) is 13.9. The van der Waals surface area contributed by atoms with E-state index in [1.165, 1.54) is 6.07 Å². The maximum atomic E-state index is 13.6. The molecule has 0 aliphatic rings. The van der Waals surface area contributed by atoms with E-state index in [0.717, 1.165) is 5.56 Å². The van der Waals surface area contributed by atoms with Crippen LogP contribution < -0.4 is 20.5 Å². The van der Waals surface area contributed by atoms with Crippen LogP contribution >= 0.6 is 22.6 Å². The first kappa shape index (κ1) is 15.7. The number of benzene rings is 2. The van der Waals surface area contributed by atoms with E-state index in [-0.39, 0.29) is 5.82 Å². The van der Waals surface area contributed by atoms with Gasteiger partial charge in [-0.2, -0.15) is 0 Å². The van der Waals surface area contributed by atoms with Gasteiger partial charge in [0.05, 0.1) is 29.2 Å². The Hall–Kier alpha value is -1.70. The summed E-state index contributed by atoms with van der Waals surface area (Å²) in [6.07, 6.45) is 0. The summed E-state index contributed by atoms with van der Waals surface area (Å²) < 4.78 is 24.5. The zero-order chi connectivity index (χ0) is 15.4. The average Bonchev–Trinajstić information content (AvgIpc) is 2.49. The predicted octanol–water partition coefficient (Wildman–Crippen LogP) is 3.64. The van der Waals surface area contributed by atoms with Crippen LogP contribution in [0.25, 0.3) is 0 Å². The summed E-state index contributed by atoms with van der Waals surface area (Å²) in [6, 6.07) is 8.61. The Morgan fingerprint density at radius 1 is 1.14 bits per heavy atom. The van der Waals surface area contributed by atoms with Gasteiger partial charge in [0.25, 0.3) is 0 Å². The maximum Gasteiger partial charge on any atom is 0.161 e. The van der Waals surface area contributed by atoms with Crippen molar-refractivity contribution in [2.45, 2.75) is 6.54 Å². The lowest BCUT2D eigenvalue weighted by atomic mass is 10.2. The van der Waals surface area contributed by atoms with Crippen LogP contribution in [0, 0.1) is 9.39 Å². The van der Waals surface area contributed by atoms with Crippen molar-refractivity contribution in [2.75, 3.05) is 25.3 Å². The summed E-state index contributed by atoms with van der Waals surface area (Å²) in [5.74, 6) is 1.03. The second-order valence-electron chi connectivity index (χ2n) is 4.40. The monoisotopic (exact) mass is 402 g/mol. The van der Waals surface area contributed by atoms with Crippen LogP contribution in [0.3, 0.4) is 0 Å². The Morgan fingerprint density at radius 2 is 1.86 bits per heavy atom.